The molecule has 17 heavy (non-hydrogen) atoms. The van der Waals surface area contributed by atoms with Crippen LogP contribution in [-0.2, 0) is 9.59 Å². The predicted molar refractivity (Wildman–Crippen MR) is 58.4 cm³/mol. The second-order valence-electron chi connectivity index (χ2n) is 4.09. The van der Waals surface area contributed by atoms with Gasteiger partial charge in [0.1, 0.15) is 11.9 Å². The number of aliphatic hydroxyl groups is 2. The summed E-state index contributed by atoms with van der Waals surface area (Å²) in [6.07, 6.45) is 1.13. The first kappa shape index (κ1) is 11.6. The van der Waals surface area contributed by atoms with Gasteiger partial charge in [-0.25, -0.2) is 0 Å². The second-order valence-corrected chi connectivity index (χ2v) is 4.09. The Hall–Kier alpha value is -1.88. The molecule has 2 aliphatic carbocycles. The van der Waals surface area contributed by atoms with Crippen LogP contribution in [0.2, 0.25) is 0 Å². The lowest BCUT2D eigenvalue weighted by atomic mass is 9.74. The SMILES string of the molecule is O=C1CC2C(=O)C(O)(C#C/C=C\C#CC2O)C1. The van der Waals surface area contributed by atoms with E-state index in [2.05, 4.69) is 23.7 Å². The first-order valence-corrected chi connectivity index (χ1v) is 5.18. The molecule has 3 atom stereocenters. The van der Waals surface area contributed by atoms with Crippen molar-refractivity contribution in [1.29, 1.82) is 0 Å². The highest BCUT2D eigenvalue weighted by molar-refractivity contribution is 6.03. The van der Waals surface area contributed by atoms with E-state index in [1.807, 2.05) is 0 Å². The van der Waals surface area contributed by atoms with Gasteiger partial charge in [0.2, 0.25) is 0 Å². The minimum atomic E-state index is -1.98. The monoisotopic (exact) mass is 230 g/mol. The number of hydrogen-bond acceptors (Lipinski definition) is 4. The first-order valence-electron chi connectivity index (χ1n) is 5.18. The van der Waals surface area contributed by atoms with Crippen LogP contribution in [0.5, 0.6) is 0 Å². The molecule has 1 saturated carbocycles. The van der Waals surface area contributed by atoms with Crippen LogP contribution >= 0.6 is 0 Å². The van der Waals surface area contributed by atoms with Gasteiger partial charge in [-0.15, -0.1) is 0 Å². The summed E-state index contributed by atoms with van der Waals surface area (Å²) in [5.41, 5.74) is -1.98. The van der Waals surface area contributed by atoms with Gasteiger partial charge in [0.25, 0.3) is 0 Å². The largest absolute Gasteiger partial charge is 0.380 e. The van der Waals surface area contributed by atoms with Crippen molar-refractivity contribution in [1.82, 2.24) is 0 Å². The number of aliphatic hydroxyl groups excluding tert-OH is 1. The fourth-order valence-electron chi connectivity index (χ4n) is 1.93. The highest BCUT2D eigenvalue weighted by Gasteiger charge is 2.48. The minimum Gasteiger partial charge on any atom is -0.380 e. The van der Waals surface area contributed by atoms with E-state index in [0.717, 1.165) is 0 Å². The molecule has 2 N–H and O–H groups in total. The normalized spacial score (nSPS) is 37.3. The number of ketones is 2. The summed E-state index contributed by atoms with van der Waals surface area (Å²) in [5, 5.41) is 19.7. The van der Waals surface area contributed by atoms with Crippen LogP contribution in [0.15, 0.2) is 12.2 Å². The molecule has 4 nitrogen and oxygen atoms in total. The summed E-state index contributed by atoms with van der Waals surface area (Å²) in [7, 11) is 0. The molecular formula is C13H10O4. The van der Waals surface area contributed by atoms with Crippen molar-refractivity contribution < 1.29 is 19.8 Å². The van der Waals surface area contributed by atoms with Gasteiger partial charge in [0.05, 0.1) is 12.3 Å². The Morgan fingerprint density at radius 3 is 2.76 bits per heavy atom. The Morgan fingerprint density at radius 1 is 1.29 bits per heavy atom. The number of hydrogen-bond donors (Lipinski definition) is 2. The van der Waals surface area contributed by atoms with Crippen LogP contribution in [-0.4, -0.2) is 33.5 Å². The van der Waals surface area contributed by atoms with Crippen LogP contribution in [0.3, 0.4) is 0 Å². The van der Waals surface area contributed by atoms with Crippen molar-refractivity contribution in [3.05, 3.63) is 12.2 Å². The lowest BCUT2D eigenvalue weighted by Crippen LogP contribution is -2.51. The molecule has 0 amide bonds. The summed E-state index contributed by atoms with van der Waals surface area (Å²) in [6, 6.07) is 0. The third kappa shape index (κ3) is 2.14. The van der Waals surface area contributed by atoms with Crippen molar-refractivity contribution >= 4 is 11.6 Å². The standard InChI is InChI=1S/C13H10O4/c14-9-7-10-11(15)5-3-1-2-4-6-13(17,8-9)12(10)16/h1-2,10-11,15,17H,7-8H2/b2-1-. The van der Waals surface area contributed by atoms with Gasteiger partial charge in [-0.3, -0.25) is 9.59 Å². The van der Waals surface area contributed by atoms with Gasteiger partial charge in [-0.05, 0) is 12.2 Å². The van der Waals surface area contributed by atoms with Gasteiger partial charge >= 0.3 is 0 Å². The van der Waals surface area contributed by atoms with Gasteiger partial charge in [-0.2, -0.15) is 0 Å². The topological polar surface area (TPSA) is 74.6 Å². The second kappa shape index (κ2) is 4.18. The van der Waals surface area contributed by atoms with E-state index in [4.69, 9.17) is 0 Å². The molecule has 4 heteroatoms. The molecule has 0 spiro atoms. The summed E-state index contributed by atoms with van der Waals surface area (Å²) in [6.45, 7) is 0. The fourth-order valence-corrected chi connectivity index (χ4v) is 1.93. The van der Waals surface area contributed by atoms with Crippen molar-refractivity contribution in [2.45, 2.75) is 24.5 Å². The maximum absolute atomic E-state index is 12.0. The Morgan fingerprint density at radius 2 is 2.00 bits per heavy atom. The number of carbonyl (C=O) groups is 2. The smallest absolute Gasteiger partial charge is 0.191 e. The molecule has 2 rings (SSSR count). The molecule has 0 aliphatic heterocycles. The molecule has 0 saturated heterocycles. The van der Waals surface area contributed by atoms with Crippen molar-refractivity contribution in [2.24, 2.45) is 5.92 Å². The van der Waals surface area contributed by atoms with Gasteiger partial charge in [0, 0.05) is 6.42 Å². The maximum Gasteiger partial charge on any atom is 0.191 e. The van der Waals surface area contributed by atoms with Crippen LogP contribution in [0.4, 0.5) is 0 Å². The number of rotatable bonds is 0. The van der Waals surface area contributed by atoms with Crippen molar-refractivity contribution in [3.63, 3.8) is 0 Å². The highest BCUT2D eigenvalue weighted by Crippen LogP contribution is 2.29. The predicted octanol–water partition coefficient (Wildman–Crippen LogP) is -0.797. The molecule has 0 heterocycles. The summed E-state index contributed by atoms with van der Waals surface area (Å²) in [4.78, 5) is 23.4. The third-order valence-electron chi connectivity index (χ3n) is 2.79. The molecule has 0 aromatic heterocycles. The summed E-state index contributed by atoms with van der Waals surface area (Å²) in [5.74, 6) is 7.91. The molecule has 86 valence electrons. The quantitative estimate of drug-likeness (QED) is 0.534. The van der Waals surface area contributed by atoms with Gasteiger partial charge in [0.15, 0.2) is 11.4 Å². The van der Waals surface area contributed by atoms with E-state index in [0.29, 0.717) is 0 Å². The zero-order valence-corrected chi connectivity index (χ0v) is 8.93. The van der Waals surface area contributed by atoms with E-state index < -0.39 is 23.4 Å². The van der Waals surface area contributed by atoms with Crippen molar-refractivity contribution in [3.8, 4) is 23.7 Å². The van der Waals surface area contributed by atoms with Crippen LogP contribution in [0.1, 0.15) is 12.8 Å². The molecule has 0 radical (unpaired) electrons. The molecule has 2 bridgehead atoms. The Balaban J connectivity index is 2.50. The minimum absolute atomic E-state index is 0.0949. The van der Waals surface area contributed by atoms with Crippen LogP contribution < -0.4 is 0 Å². The Labute approximate surface area is 98.3 Å². The zero-order valence-electron chi connectivity index (χ0n) is 8.93. The summed E-state index contributed by atoms with van der Waals surface area (Å²) >= 11 is 0. The number of carbonyl (C=O) groups excluding carboxylic acids is 2. The third-order valence-corrected chi connectivity index (χ3v) is 2.79. The lowest BCUT2D eigenvalue weighted by molar-refractivity contribution is -0.150. The van der Waals surface area contributed by atoms with Crippen LogP contribution in [0, 0.1) is 29.6 Å². The van der Waals surface area contributed by atoms with E-state index in [1.165, 1.54) is 12.2 Å². The average Bonchev–Trinajstić information content (AvgIpc) is 2.26. The first-order chi connectivity index (χ1) is 8.03. The maximum atomic E-state index is 12.0. The average molecular weight is 230 g/mol. The molecule has 3 unspecified atom stereocenters. The lowest BCUT2D eigenvalue weighted by Gasteiger charge is -2.31. The molecule has 2 aliphatic rings. The zero-order chi connectivity index (χ0) is 12.5. The van der Waals surface area contributed by atoms with E-state index in [1.54, 1.807) is 0 Å². The Kier molecular flexibility index (Phi) is 2.85. The van der Waals surface area contributed by atoms with Crippen molar-refractivity contribution in [2.75, 3.05) is 0 Å². The molecule has 1 fully saturated rings. The number of Topliss-reactive ketones (excluding diaryl/α,β-unsaturated/α-hetero) is 2. The Bertz CT molecular complexity index is 523. The van der Waals surface area contributed by atoms with E-state index in [9.17, 15) is 19.8 Å². The number of allylic oxidation sites excluding steroid dienone is 2. The van der Waals surface area contributed by atoms with E-state index >= 15 is 0 Å². The van der Waals surface area contributed by atoms with E-state index in [-0.39, 0.29) is 18.6 Å². The fraction of sp³-hybridized carbons (Fsp3) is 0.385. The number of fused-ring (bicyclic) bond motifs is 2. The summed E-state index contributed by atoms with van der Waals surface area (Å²) < 4.78 is 0. The molecular weight excluding hydrogens is 220 g/mol. The molecule has 0 aromatic carbocycles. The van der Waals surface area contributed by atoms with Gasteiger partial charge in [-0.1, -0.05) is 23.7 Å². The van der Waals surface area contributed by atoms with Gasteiger partial charge < -0.3 is 10.2 Å². The van der Waals surface area contributed by atoms with Crippen LogP contribution in [0.25, 0.3) is 0 Å². The molecule has 0 aromatic rings. The highest BCUT2D eigenvalue weighted by atomic mass is 16.3.